The molecule has 0 saturated carbocycles. The molecule has 0 spiro atoms. The maximum absolute atomic E-state index is 11.9. The van der Waals surface area contributed by atoms with Crippen LogP contribution in [-0.4, -0.2) is 18.3 Å². The molecule has 2 N–H and O–H groups in total. The number of urea groups is 1. The Balaban J connectivity index is 1.92. The summed E-state index contributed by atoms with van der Waals surface area (Å²) in [6, 6.07) is 8.90. The van der Waals surface area contributed by atoms with Crippen molar-refractivity contribution < 1.29 is 14.1 Å². The Kier molecular flexibility index (Phi) is 4.70. The predicted molar refractivity (Wildman–Crippen MR) is 84.1 cm³/mol. The quantitative estimate of drug-likeness (QED) is 0.908. The minimum atomic E-state index is -0.348. The smallest absolute Gasteiger partial charge is 0.320 e. The second-order valence-corrected chi connectivity index (χ2v) is 5.95. The SMILES string of the molecule is COc1ccccc1CNC(=O)Nc1cc(C(C)(C)C)on1. The Labute approximate surface area is 129 Å². The monoisotopic (exact) mass is 303 g/mol. The van der Waals surface area contributed by atoms with Crippen LogP contribution < -0.4 is 15.4 Å². The number of aromatic nitrogens is 1. The number of benzene rings is 1. The van der Waals surface area contributed by atoms with Crippen molar-refractivity contribution in [1.82, 2.24) is 10.5 Å². The first kappa shape index (κ1) is 15.9. The van der Waals surface area contributed by atoms with Gasteiger partial charge in [-0.05, 0) is 6.07 Å². The molecule has 2 aromatic rings. The van der Waals surface area contributed by atoms with Crippen molar-refractivity contribution in [3.63, 3.8) is 0 Å². The van der Waals surface area contributed by atoms with Gasteiger partial charge in [-0.2, -0.15) is 0 Å². The molecule has 0 bridgehead atoms. The third-order valence-electron chi connectivity index (χ3n) is 3.12. The highest BCUT2D eigenvalue weighted by Gasteiger charge is 2.20. The molecule has 0 fully saturated rings. The van der Waals surface area contributed by atoms with Gasteiger partial charge < -0.3 is 14.6 Å². The van der Waals surface area contributed by atoms with Crippen molar-refractivity contribution in [2.24, 2.45) is 0 Å². The Hall–Kier alpha value is -2.50. The third kappa shape index (κ3) is 4.00. The lowest BCUT2D eigenvalue weighted by Crippen LogP contribution is -2.28. The van der Waals surface area contributed by atoms with Gasteiger partial charge in [0.15, 0.2) is 5.82 Å². The maximum atomic E-state index is 11.9. The fraction of sp³-hybridized carbons (Fsp3) is 0.375. The zero-order valence-electron chi connectivity index (χ0n) is 13.3. The average molecular weight is 303 g/mol. The molecule has 22 heavy (non-hydrogen) atoms. The fourth-order valence-corrected chi connectivity index (χ4v) is 1.87. The van der Waals surface area contributed by atoms with Crippen LogP contribution in [0.25, 0.3) is 0 Å². The number of carbonyl (C=O) groups excluding carboxylic acids is 1. The van der Waals surface area contributed by atoms with Gasteiger partial charge >= 0.3 is 6.03 Å². The molecule has 0 aliphatic rings. The van der Waals surface area contributed by atoms with E-state index in [1.165, 1.54) is 0 Å². The summed E-state index contributed by atoms with van der Waals surface area (Å²) >= 11 is 0. The zero-order chi connectivity index (χ0) is 16.2. The predicted octanol–water partition coefficient (Wildman–Crippen LogP) is 3.30. The van der Waals surface area contributed by atoms with Crippen molar-refractivity contribution >= 4 is 11.8 Å². The normalized spacial score (nSPS) is 11.1. The van der Waals surface area contributed by atoms with Crippen molar-refractivity contribution in [3.05, 3.63) is 41.7 Å². The summed E-state index contributed by atoms with van der Waals surface area (Å²) in [7, 11) is 1.60. The molecule has 1 aromatic carbocycles. The molecule has 0 aliphatic heterocycles. The van der Waals surface area contributed by atoms with Gasteiger partial charge in [0.05, 0.1) is 7.11 Å². The second kappa shape index (κ2) is 6.51. The van der Waals surface area contributed by atoms with Gasteiger partial charge in [0.25, 0.3) is 0 Å². The number of hydrogen-bond donors (Lipinski definition) is 2. The Morgan fingerprint density at radius 1 is 1.32 bits per heavy atom. The van der Waals surface area contributed by atoms with Crippen LogP contribution in [0, 0.1) is 0 Å². The van der Waals surface area contributed by atoms with Crippen molar-refractivity contribution in [2.75, 3.05) is 12.4 Å². The highest BCUT2D eigenvalue weighted by molar-refractivity contribution is 5.88. The summed E-state index contributed by atoms with van der Waals surface area (Å²) in [5.74, 6) is 1.84. The number of ether oxygens (including phenoxy) is 1. The highest BCUT2D eigenvalue weighted by Crippen LogP contribution is 2.24. The summed E-state index contributed by atoms with van der Waals surface area (Å²) in [5, 5.41) is 9.24. The lowest BCUT2D eigenvalue weighted by molar-refractivity contribution is 0.251. The number of para-hydroxylation sites is 1. The first-order valence-electron chi connectivity index (χ1n) is 7.04. The van der Waals surface area contributed by atoms with Crippen LogP contribution in [0.5, 0.6) is 5.75 Å². The van der Waals surface area contributed by atoms with Gasteiger partial charge in [-0.15, -0.1) is 0 Å². The van der Waals surface area contributed by atoms with E-state index in [2.05, 4.69) is 15.8 Å². The number of nitrogens with one attached hydrogen (secondary N) is 2. The molecular weight excluding hydrogens is 282 g/mol. The van der Waals surface area contributed by atoms with Crippen LogP contribution in [0.3, 0.4) is 0 Å². The molecule has 2 rings (SSSR count). The van der Waals surface area contributed by atoms with E-state index in [1.807, 2.05) is 45.0 Å². The highest BCUT2D eigenvalue weighted by atomic mass is 16.5. The second-order valence-electron chi connectivity index (χ2n) is 5.95. The molecule has 0 aliphatic carbocycles. The molecule has 1 aromatic heterocycles. The number of rotatable bonds is 4. The summed E-state index contributed by atoms with van der Waals surface area (Å²) in [6.45, 7) is 6.40. The number of anilines is 1. The van der Waals surface area contributed by atoms with E-state index >= 15 is 0 Å². The molecular formula is C16H21N3O3. The van der Waals surface area contributed by atoms with E-state index in [4.69, 9.17) is 9.26 Å². The summed E-state index contributed by atoms with van der Waals surface area (Å²) in [5.41, 5.74) is 0.747. The van der Waals surface area contributed by atoms with Crippen LogP contribution in [0.2, 0.25) is 0 Å². The number of carbonyl (C=O) groups is 1. The first-order valence-corrected chi connectivity index (χ1v) is 7.04. The summed E-state index contributed by atoms with van der Waals surface area (Å²) < 4.78 is 10.5. The number of amides is 2. The topological polar surface area (TPSA) is 76.4 Å². The van der Waals surface area contributed by atoms with Crippen LogP contribution in [0.4, 0.5) is 10.6 Å². The van der Waals surface area contributed by atoms with E-state index in [0.29, 0.717) is 18.1 Å². The van der Waals surface area contributed by atoms with E-state index < -0.39 is 0 Å². The fourth-order valence-electron chi connectivity index (χ4n) is 1.87. The molecule has 0 radical (unpaired) electrons. The summed E-state index contributed by atoms with van der Waals surface area (Å²) in [6.07, 6.45) is 0. The molecule has 118 valence electrons. The van der Waals surface area contributed by atoms with E-state index in [1.54, 1.807) is 13.2 Å². The number of nitrogens with zero attached hydrogens (tertiary/aromatic N) is 1. The Morgan fingerprint density at radius 2 is 2.05 bits per heavy atom. The van der Waals surface area contributed by atoms with Crippen molar-refractivity contribution in [3.8, 4) is 5.75 Å². The summed E-state index contributed by atoms with van der Waals surface area (Å²) in [4.78, 5) is 11.9. The van der Waals surface area contributed by atoms with E-state index in [9.17, 15) is 4.79 Å². The first-order chi connectivity index (χ1) is 10.4. The Morgan fingerprint density at radius 3 is 2.68 bits per heavy atom. The van der Waals surface area contributed by atoms with Crippen LogP contribution in [-0.2, 0) is 12.0 Å². The van der Waals surface area contributed by atoms with Crippen LogP contribution in [0.1, 0.15) is 32.1 Å². The molecule has 2 amide bonds. The molecule has 1 heterocycles. The molecule has 0 unspecified atom stereocenters. The minimum absolute atomic E-state index is 0.152. The van der Waals surface area contributed by atoms with Gasteiger partial charge in [0.1, 0.15) is 11.5 Å². The number of hydrogen-bond acceptors (Lipinski definition) is 4. The molecule has 6 nitrogen and oxygen atoms in total. The maximum Gasteiger partial charge on any atom is 0.320 e. The van der Waals surface area contributed by atoms with E-state index in [-0.39, 0.29) is 11.4 Å². The zero-order valence-corrected chi connectivity index (χ0v) is 13.3. The molecule has 0 atom stereocenters. The lowest BCUT2D eigenvalue weighted by atomic mass is 9.93. The van der Waals surface area contributed by atoms with Crippen LogP contribution in [0.15, 0.2) is 34.9 Å². The standard InChI is InChI=1S/C16H21N3O3/c1-16(2,3)13-9-14(19-22-13)18-15(20)17-10-11-7-5-6-8-12(11)21-4/h5-9H,10H2,1-4H3,(H2,17,18,19,20). The average Bonchev–Trinajstić information content (AvgIpc) is 2.94. The van der Waals surface area contributed by atoms with Crippen LogP contribution >= 0.6 is 0 Å². The van der Waals surface area contributed by atoms with Gasteiger partial charge in [0, 0.05) is 23.6 Å². The third-order valence-corrected chi connectivity index (χ3v) is 3.12. The minimum Gasteiger partial charge on any atom is -0.496 e. The molecule has 0 saturated heterocycles. The largest absolute Gasteiger partial charge is 0.496 e. The van der Waals surface area contributed by atoms with Gasteiger partial charge in [0.2, 0.25) is 0 Å². The van der Waals surface area contributed by atoms with Gasteiger partial charge in [-0.3, -0.25) is 5.32 Å². The van der Waals surface area contributed by atoms with Gasteiger partial charge in [-0.25, -0.2) is 4.79 Å². The van der Waals surface area contributed by atoms with Crippen molar-refractivity contribution in [2.45, 2.75) is 32.7 Å². The van der Waals surface area contributed by atoms with Crippen molar-refractivity contribution in [1.29, 1.82) is 0 Å². The Bertz CT molecular complexity index is 644. The lowest BCUT2D eigenvalue weighted by Gasteiger charge is -2.12. The van der Waals surface area contributed by atoms with E-state index in [0.717, 1.165) is 11.3 Å². The molecule has 6 heteroatoms. The number of methoxy groups -OCH3 is 1. The van der Waals surface area contributed by atoms with Gasteiger partial charge in [-0.1, -0.05) is 44.1 Å².